The Morgan fingerprint density at radius 1 is 1.43 bits per heavy atom. The Kier molecular flexibility index (Phi) is 3.54. The fourth-order valence-electron chi connectivity index (χ4n) is 3.58. The smallest absolute Gasteiger partial charge is 0.187 e. The molecule has 2 atom stereocenters. The van der Waals surface area contributed by atoms with E-state index in [0.29, 0.717) is 6.61 Å². The van der Waals surface area contributed by atoms with Gasteiger partial charge in [-0.2, -0.15) is 0 Å². The number of aryl methyl sites for hydroxylation is 1. The van der Waals surface area contributed by atoms with Gasteiger partial charge in [-0.15, -0.1) is 5.10 Å². The third-order valence-corrected chi connectivity index (χ3v) is 5.01. The van der Waals surface area contributed by atoms with Gasteiger partial charge in [0, 0.05) is 42.7 Å². The topological polar surface area (TPSA) is 76.0 Å². The maximum absolute atomic E-state index is 12.1. The number of piperidine rings is 1. The number of likely N-dealkylation sites (tertiary alicyclic amines) is 1. The maximum atomic E-state index is 12.1. The summed E-state index contributed by atoms with van der Waals surface area (Å²) in [6.07, 6.45) is 4.70. The minimum Gasteiger partial charge on any atom is -0.368 e. The van der Waals surface area contributed by atoms with Crippen LogP contribution in [0.15, 0.2) is 17.2 Å². The van der Waals surface area contributed by atoms with Crippen molar-refractivity contribution < 1.29 is 4.74 Å². The Labute approximate surface area is 134 Å². The number of fused-ring (bicyclic) bond motifs is 3. The van der Waals surface area contributed by atoms with E-state index in [1.54, 1.807) is 12.4 Å². The van der Waals surface area contributed by atoms with Gasteiger partial charge in [0.1, 0.15) is 0 Å². The van der Waals surface area contributed by atoms with Crippen molar-refractivity contribution >= 4 is 0 Å². The Morgan fingerprint density at radius 2 is 2.30 bits per heavy atom. The summed E-state index contributed by atoms with van der Waals surface area (Å²) in [4.78, 5) is 17.7. The number of aromatic amines is 1. The van der Waals surface area contributed by atoms with Gasteiger partial charge in [0.2, 0.25) is 0 Å². The van der Waals surface area contributed by atoms with Crippen LogP contribution in [0.2, 0.25) is 0 Å². The first kappa shape index (κ1) is 14.6. The lowest BCUT2D eigenvalue weighted by atomic mass is 9.99. The van der Waals surface area contributed by atoms with Crippen molar-refractivity contribution in [1.29, 1.82) is 0 Å². The van der Waals surface area contributed by atoms with Crippen LogP contribution in [-0.2, 0) is 17.9 Å². The minimum atomic E-state index is 0.134. The van der Waals surface area contributed by atoms with E-state index in [-0.39, 0.29) is 17.6 Å². The van der Waals surface area contributed by atoms with E-state index < -0.39 is 0 Å². The van der Waals surface area contributed by atoms with Gasteiger partial charge < -0.3 is 9.72 Å². The zero-order chi connectivity index (χ0) is 16.0. The highest BCUT2D eigenvalue weighted by molar-refractivity contribution is 5.23. The van der Waals surface area contributed by atoms with Crippen LogP contribution in [0.3, 0.4) is 0 Å². The fraction of sp³-hybridized carbons (Fsp3) is 0.562. The van der Waals surface area contributed by atoms with Crippen LogP contribution in [0.4, 0.5) is 0 Å². The van der Waals surface area contributed by atoms with E-state index in [4.69, 9.17) is 4.74 Å². The summed E-state index contributed by atoms with van der Waals surface area (Å²) in [6, 6.07) is 0.274. The van der Waals surface area contributed by atoms with Crippen LogP contribution >= 0.6 is 0 Å². The lowest BCUT2D eigenvalue weighted by molar-refractivity contribution is -0.0706. The van der Waals surface area contributed by atoms with Gasteiger partial charge in [-0.25, -0.2) is 4.68 Å². The van der Waals surface area contributed by atoms with E-state index in [1.807, 2.05) is 18.5 Å². The zero-order valence-electron chi connectivity index (χ0n) is 13.5. The second-order valence-electron chi connectivity index (χ2n) is 6.51. The van der Waals surface area contributed by atoms with Gasteiger partial charge in [-0.1, -0.05) is 5.21 Å². The minimum absolute atomic E-state index is 0.134. The summed E-state index contributed by atoms with van der Waals surface area (Å²) < 4.78 is 8.01. The van der Waals surface area contributed by atoms with Crippen LogP contribution in [0.5, 0.6) is 0 Å². The highest BCUT2D eigenvalue weighted by Crippen LogP contribution is 2.30. The molecule has 2 aliphatic heterocycles. The third-order valence-electron chi connectivity index (χ3n) is 5.01. The average molecular weight is 315 g/mol. The van der Waals surface area contributed by atoms with Crippen LogP contribution < -0.4 is 5.43 Å². The number of pyridine rings is 1. The molecular weight excluding hydrogens is 294 g/mol. The molecule has 1 saturated heterocycles. The average Bonchev–Trinajstić information content (AvgIpc) is 3.04. The molecule has 1 N–H and O–H groups in total. The Bertz CT molecular complexity index is 781. The number of nitrogens with one attached hydrogen (secondary N) is 1. The van der Waals surface area contributed by atoms with Gasteiger partial charge in [-0.05, 0) is 20.3 Å². The lowest BCUT2D eigenvalue weighted by Crippen LogP contribution is -2.48. The van der Waals surface area contributed by atoms with Crippen molar-refractivity contribution in [2.75, 3.05) is 13.1 Å². The van der Waals surface area contributed by atoms with Crippen molar-refractivity contribution in [3.8, 4) is 0 Å². The fourth-order valence-corrected chi connectivity index (χ4v) is 3.58. The van der Waals surface area contributed by atoms with E-state index in [0.717, 1.165) is 48.6 Å². The molecule has 7 nitrogen and oxygen atoms in total. The van der Waals surface area contributed by atoms with Crippen molar-refractivity contribution in [2.45, 2.75) is 45.6 Å². The van der Waals surface area contributed by atoms with Gasteiger partial charge in [-0.3, -0.25) is 9.69 Å². The molecule has 0 aromatic carbocycles. The van der Waals surface area contributed by atoms with Gasteiger partial charge in [0.25, 0.3) is 0 Å². The molecule has 2 aliphatic rings. The molecule has 0 amide bonds. The van der Waals surface area contributed by atoms with Crippen molar-refractivity contribution in [1.82, 2.24) is 24.9 Å². The first-order valence-electron chi connectivity index (χ1n) is 8.04. The van der Waals surface area contributed by atoms with E-state index in [2.05, 4.69) is 20.2 Å². The molecule has 122 valence electrons. The van der Waals surface area contributed by atoms with Crippen LogP contribution in [0, 0.1) is 13.8 Å². The summed E-state index contributed by atoms with van der Waals surface area (Å²) in [6.45, 7) is 6.86. The number of hydrogen-bond donors (Lipinski definition) is 1. The van der Waals surface area contributed by atoms with Crippen LogP contribution in [0.25, 0.3) is 0 Å². The van der Waals surface area contributed by atoms with Crippen molar-refractivity contribution in [2.24, 2.45) is 0 Å². The summed E-state index contributed by atoms with van der Waals surface area (Å²) in [5, 5.41) is 8.20. The molecule has 0 unspecified atom stereocenters. The van der Waals surface area contributed by atoms with Gasteiger partial charge in [0.05, 0.1) is 30.6 Å². The quantitative estimate of drug-likeness (QED) is 0.892. The number of aromatic nitrogens is 4. The number of nitrogens with zero attached hydrogens (tertiary/aromatic N) is 4. The van der Waals surface area contributed by atoms with Crippen LogP contribution in [-0.4, -0.2) is 44.1 Å². The van der Waals surface area contributed by atoms with E-state index in [1.165, 1.54) is 0 Å². The van der Waals surface area contributed by atoms with Crippen molar-refractivity contribution in [3.63, 3.8) is 0 Å². The molecule has 2 aromatic rings. The lowest BCUT2D eigenvalue weighted by Gasteiger charge is -2.41. The van der Waals surface area contributed by atoms with Crippen molar-refractivity contribution in [3.05, 3.63) is 45.1 Å². The molecule has 2 aromatic heterocycles. The molecule has 0 radical (unpaired) electrons. The molecule has 0 bridgehead atoms. The number of rotatable bonds is 2. The number of hydrogen-bond acceptors (Lipinski definition) is 5. The molecule has 4 heterocycles. The normalized spacial score (nSPS) is 24.3. The molecule has 7 heteroatoms. The third kappa shape index (κ3) is 2.49. The number of ether oxygens (including phenoxy) is 1. The zero-order valence-corrected chi connectivity index (χ0v) is 13.5. The van der Waals surface area contributed by atoms with Gasteiger partial charge >= 0.3 is 0 Å². The summed E-state index contributed by atoms with van der Waals surface area (Å²) in [5.74, 6) is 0. The largest absolute Gasteiger partial charge is 0.368 e. The predicted octanol–water partition coefficient (Wildman–Crippen LogP) is 0.929. The SMILES string of the molecule is Cc1c[nH]c(CN2CC[C@H]3[C@H](C2)OCc2cnnn23)c(C)c1=O. The Morgan fingerprint density at radius 3 is 3.17 bits per heavy atom. The summed E-state index contributed by atoms with van der Waals surface area (Å²) in [5.41, 5.74) is 3.76. The second kappa shape index (κ2) is 5.58. The second-order valence-corrected chi connectivity index (χ2v) is 6.51. The van der Waals surface area contributed by atoms with Crippen LogP contribution in [0.1, 0.15) is 35.0 Å². The first-order valence-corrected chi connectivity index (χ1v) is 8.04. The standard InChI is InChI=1S/C16H21N5O2/c1-10-5-17-13(11(2)16(10)22)7-20-4-3-14-15(8-20)23-9-12-6-18-19-21(12)14/h5-6,14-15H,3-4,7-9H2,1-2H3,(H,17,22)/t14-,15-/m0/s1. The summed E-state index contributed by atoms with van der Waals surface area (Å²) in [7, 11) is 0. The molecule has 0 spiro atoms. The summed E-state index contributed by atoms with van der Waals surface area (Å²) >= 11 is 0. The monoisotopic (exact) mass is 315 g/mol. The van der Waals surface area contributed by atoms with Gasteiger partial charge in [0.15, 0.2) is 5.43 Å². The molecule has 23 heavy (non-hydrogen) atoms. The van der Waals surface area contributed by atoms with E-state index in [9.17, 15) is 4.79 Å². The molecular formula is C16H21N5O2. The predicted molar refractivity (Wildman–Crippen MR) is 84.1 cm³/mol. The Hall–Kier alpha value is -1.99. The molecule has 0 saturated carbocycles. The highest BCUT2D eigenvalue weighted by Gasteiger charge is 2.36. The molecule has 0 aliphatic carbocycles. The maximum Gasteiger partial charge on any atom is 0.187 e. The number of H-pyrrole nitrogens is 1. The highest BCUT2D eigenvalue weighted by atomic mass is 16.5. The molecule has 4 rings (SSSR count). The van der Waals surface area contributed by atoms with E-state index >= 15 is 0 Å². The Balaban J connectivity index is 1.50. The first-order chi connectivity index (χ1) is 11.1. The molecule has 1 fully saturated rings.